The first-order valence-corrected chi connectivity index (χ1v) is 8.84. The minimum Gasteiger partial charge on any atom is -0.358 e. The van der Waals surface area contributed by atoms with Gasteiger partial charge in [0.2, 0.25) is 5.82 Å². The Balaban J connectivity index is 2.07. The third-order valence-corrected chi connectivity index (χ3v) is 4.43. The van der Waals surface area contributed by atoms with Crippen molar-refractivity contribution in [1.82, 2.24) is 9.97 Å². The van der Waals surface area contributed by atoms with Gasteiger partial charge in [-0.15, -0.1) is 0 Å². The van der Waals surface area contributed by atoms with Gasteiger partial charge < -0.3 is 10.1 Å². The van der Waals surface area contributed by atoms with Gasteiger partial charge in [-0.25, -0.2) is 9.97 Å². The van der Waals surface area contributed by atoms with Crippen LogP contribution in [0.25, 0.3) is 11.1 Å². The SMILES string of the molecule is O=[N+]([O-])c1cnc(C(=C(c2ccccc2)c2ccccc2)c2ccccc2)[nH]1. The fraction of sp³-hybridized carbons (Fsp3) is 0. The van der Waals surface area contributed by atoms with Crippen LogP contribution in [0.2, 0.25) is 0 Å². The molecule has 0 radical (unpaired) electrons. The summed E-state index contributed by atoms with van der Waals surface area (Å²) in [7, 11) is 0. The second-order valence-corrected chi connectivity index (χ2v) is 6.22. The van der Waals surface area contributed by atoms with Crippen molar-refractivity contribution in [2.75, 3.05) is 0 Å². The minimum absolute atomic E-state index is 0.135. The monoisotopic (exact) mass is 367 g/mol. The molecule has 136 valence electrons. The molecule has 0 unspecified atom stereocenters. The molecular weight excluding hydrogens is 350 g/mol. The zero-order chi connectivity index (χ0) is 19.3. The topological polar surface area (TPSA) is 71.8 Å². The van der Waals surface area contributed by atoms with Crippen LogP contribution in [0.5, 0.6) is 0 Å². The fourth-order valence-corrected chi connectivity index (χ4v) is 3.20. The van der Waals surface area contributed by atoms with Crippen molar-refractivity contribution in [3.05, 3.63) is 130 Å². The van der Waals surface area contributed by atoms with E-state index < -0.39 is 4.92 Å². The van der Waals surface area contributed by atoms with Crippen LogP contribution in [0.3, 0.4) is 0 Å². The Hall–Kier alpha value is -3.99. The van der Waals surface area contributed by atoms with Crippen LogP contribution >= 0.6 is 0 Å². The highest BCUT2D eigenvalue weighted by molar-refractivity contribution is 6.03. The first-order chi connectivity index (χ1) is 13.7. The second kappa shape index (κ2) is 7.72. The fourth-order valence-electron chi connectivity index (χ4n) is 3.20. The summed E-state index contributed by atoms with van der Waals surface area (Å²) >= 11 is 0. The van der Waals surface area contributed by atoms with Gasteiger partial charge in [-0.3, -0.25) is 0 Å². The van der Waals surface area contributed by atoms with Gasteiger partial charge >= 0.3 is 5.82 Å². The van der Waals surface area contributed by atoms with Crippen LogP contribution in [0, 0.1) is 10.1 Å². The molecule has 0 aliphatic rings. The first kappa shape index (κ1) is 17.4. The molecule has 0 aliphatic carbocycles. The summed E-state index contributed by atoms with van der Waals surface area (Å²) in [5.41, 5.74) is 4.70. The Bertz CT molecular complexity index is 1080. The van der Waals surface area contributed by atoms with Crippen molar-refractivity contribution < 1.29 is 4.92 Å². The highest BCUT2D eigenvalue weighted by Gasteiger charge is 2.22. The largest absolute Gasteiger partial charge is 0.358 e. The van der Waals surface area contributed by atoms with Crippen LogP contribution in [-0.4, -0.2) is 14.9 Å². The number of nitrogens with one attached hydrogen (secondary N) is 1. The molecule has 1 heterocycles. The zero-order valence-electron chi connectivity index (χ0n) is 14.9. The van der Waals surface area contributed by atoms with E-state index in [1.54, 1.807) is 0 Å². The maximum atomic E-state index is 11.2. The van der Waals surface area contributed by atoms with Gasteiger partial charge in [0.25, 0.3) is 0 Å². The number of H-pyrrole nitrogens is 1. The molecule has 0 amide bonds. The van der Waals surface area contributed by atoms with E-state index in [9.17, 15) is 10.1 Å². The Morgan fingerprint density at radius 3 is 1.54 bits per heavy atom. The van der Waals surface area contributed by atoms with Crippen molar-refractivity contribution >= 4 is 17.0 Å². The van der Waals surface area contributed by atoms with Crippen LogP contribution < -0.4 is 0 Å². The number of benzene rings is 3. The van der Waals surface area contributed by atoms with Crippen molar-refractivity contribution in [1.29, 1.82) is 0 Å². The van der Waals surface area contributed by atoms with Gasteiger partial charge in [0, 0.05) is 5.57 Å². The lowest BCUT2D eigenvalue weighted by molar-refractivity contribution is -0.389. The molecule has 4 aromatic rings. The third-order valence-electron chi connectivity index (χ3n) is 4.43. The molecular formula is C23H17N3O2. The highest BCUT2D eigenvalue weighted by Crippen LogP contribution is 2.35. The Morgan fingerprint density at radius 2 is 1.14 bits per heavy atom. The van der Waals surface area contributed by atoms with E-state index in [1.165, 1.54) is 6.20 Å². The normalized spacial score (nSPS) is 10.4. The zero-order valence-corrected chi connectivity index (χ0v) is 14.9. The lowest BCUT2D eigenvalue weighted by Crippen LogP contribution is -1.99. The molecule has 1 aromatic heterocycles. The number of imidazole rings is 1. The Labute approximate surface area is 162 Å². The van der Waals surface area contributed by atoms with E-state index >= 15 is 0 Å². The molecule has 0 spiro atoms. The predicted molar refractivity (Wildman–Crippen MR) is 110 cm³/mol. The Morgan fingerprint density at radius 1 is 0.714 bits per heavy atom. The lowest BCUT2D eigenvalue weighted by Gasteiger charge is -2.14. The average molecular weight is 367 g/mol. The van der Waals surface area contributed by atoms with Crippen molar-refractivity contribution in [3.8, 4) is 0 Å². The van der Waals surface area contributed by atoms with E-state index in [4.69, 9.17) is 0 Å². The number of nitrogens with zero attached hydrogens (tertiary/aromatic N) is 2. The summed E-state index contributed by atoms with van der Waals surface area (Å²) in [6.07, 6.45) is 1.26. The third kappa shape index (κ3) is 3.46. The van der Waals surface area contributed by atoms with E-state index in [0.29, 0.717) is 5.82 Å². The minimum atomic E-state index is -0.468. The van der Waals surface area contributed by atoms with Gasteiger partial charge in [-0.1, -0.05) is 91.0 Å². The molecule has 0 bridgehead atoms. The molecule has 0 aliphatic heterocycles. The molecule has 5 nitrogen and oxygen atoms in total. The highest BCUT2D eigenvalue weighted by atomic mass is 16.6. The first-order valence-electron chi connectivity index (χ1n) is 8.84. The number of aromatic amines is 1. The summed E-state index contributed by atoms with van der Waals surface area (Å²) in [4.78, 5) is 17.9. The quantitative estimate of drug-likeness (QED) is 0.294. The molecule has 0 saturated heterocycles. The molecule has 0 atom stereocenters. The maximum absolute atomic E-state index is 11.2. The molecule has 5 heteroatoms. The van der Waals surface area contributed by atoms with Crippen LogP contribution in [-0.2, 0) is 0 Å². The summed E-state index contributed by atoms with van der Waals surface area (Å²) in [6.45, 7) is 0. The summed E-state index contributed by atoms with van der Waals surface area (Å²) < 4.78 is 0. The standard InChI is InChI=1S/C23H17N3O2/c27-26(28)20-16-24-23(25-20)22(19-14-8-3-9-15-19)21(17-10-4-1-5-11-17)18-12-6-2-7-13-18/h1-16H,(H,24,25). The summed E-state index contributed by atoms with van der Waals surface area (Å²) in [6, 6.07) is 29.8. The summed E-state index contributed by atoms with van der Waals surface area (Å²) in [5, 5.41) is 11.2. The number of aromatic nitrogens is 2. The average Bonchev–Trinajstić information content (AvgIpc) is 3.24. The maximum Gasteiger partial charge on any atom is 0.340 e. The number of hydrogen-bond acceptors (Lipinski definition) is 3. The second-order valence-electron chi connectivity index (χ2n) is 6.22. The molecule has 3 aromatic carbocycles. The van der Waals surface area contributed by atoms with E-state index in [-0.39, 0.29) is 5.82 Å². The van der Waals surface area contributed by atoms with Gasteiger partial charge in [0.15, 0.2) is 0 Å². The van der Waals surface area contributed by atoms with Crippen molar-refractivity contribution in [2.24, 2.45) is 0 Å². The van der Waals surface area contributed by atoms with Crippen LogP contribution in [0.1, 0.15) is 22.5 Å². The summed E-state index contributed by atoms with van der Waals surface area (Å²) in [5.74, 6) is 0.324. The van der Waals surface area contributed by atoms with Gasteiger partial charge in [0.05, 0.1) is 5.57 Å². The van der Waals surface area contributed by atoms with Crippen molar-refractivity contribution in [3.63, 3.8) is 0 Å². The molecule has 1 N–H and O–H groups in total. The van der Waals surface area contributed by atoms with Gasteiger partial charge in [-0.05, 0) is 21.6 Å². The molecule has 0 saturated carbocycles. The van der Waals surface area contributed by atoms with E-state index in [0.717, 1.165) is 27.8 Å². The van der Waals surface area contributed by atoms with E-state index in [1.807, 2.05) is 91.0 Å². The van der Waals surface area contributed by atoms with E-state index in [2.05, 4.69) is 9.97 Å². The van der Waals surface area contributed by atoms with Crippen molar-refractivity contribution in [2.45, 2.75) is 0 Å². The molecule has 4 rings (SSSR count). The molecule has 0 fully saturated rings. The number of hydrogen-bond donors (Lipinski definition) is 1. The van der Waals surface area contributed by atoms with Crippen LogP contribution in [0.15, 0.2) is 97.2 Å². The smallest absolute Gasteiger partial charge is 0.340 e. The van der Waals surface area contributed by atoms with Crippen LogP contribution in [0.4, 0.5) is 5.82 Å². The number of rotatable bonds is 5. The number of nitro groups is 1. The molecule has 28 heavy (non-hydrogen) atoms. The Kier molecular flexibility index (Phi) is 4.80. The lowest BCUT2D eigenvalue weighted by atomic mass is 9.89. The van der Waals surface area contributed by atoms with Gasteiger partial charge in [0.1, 0.15) is 6.20 Å². The predicted octanol–water partition coefficient (Wildman–Crippen LogP) is 5.33. The van der Waals surface area contributed by atoms with Gasteiger partial charge in [-0.2, -0.15) is 0 Å².